The zero-order valence-corrected chi connectivity index (χ0v) is 20.5. The minimum atomic E-state index is -0.359. The molecule has 8 nitrogen and oxygen atoms in total. The fourth-order valence-corrected chi connectivity index (χ4v) is 3.66. The lowest BCUT2D eigenvalue weighted by atomic mass is 10.1. The van der Waals surface area contributed by atoms with Crippen LogP contribution in [0.2, 0.25) is 0 Å². The van der Waals surface area contributed by atoms with E-state index in [9.17, 15) is 9.59 Å². The molecule has 0 aliphatic carbocycles. The van der Waals surface area contributed by atoms with E-state index >= 15 is 0 Å². The Morgan fingerprint density at radius 3 is 2.46 bits per heavy atom. The maximum atomic E-state index is 13.0. The zero-order valence-electron chi connectivity index (χ0n) is 20.5. The highest BCUT2D eigenvalue weighted by Gasteiger charge is 2.18. The predicted molar refractivity (Wildman–Crippen MR) is 140 cm³/mol. The Hall–Kier alpha value is -4.04. The van der Waals surface area contributed by atoms with E-state index in [1.807, 2.05) is 18.2 Å². The van der Waals surface area contributed by atoms with Crippen LogP contribution in [0.4, 0.5) is 17.1 Å². The van der Waals surface area contributed by atoms with Gasteiger partial charge < -0.3 is 29.9 Å². The van der Waals surface area contributed by atoms with Gasteiger partial charge in [-0.15, -0.1) is 0 Å². The summed E-state index contributed by atoms with van der Waals surface area (Å²) in [4.78, 5) is 29.2. The van der Waals surface area contributed by atoms with Gasteiger partial charge in [-0.3, -0.25) is 9.59 Å². The number of nitrogens with zero attached hydrogens (tertiary/aromatic N) is 2. The minimum Gasteiger partial charge on any atom is -0.494 e. The van der Waals surface area contributed by atoms with Crippen molar-refractivity contribution in [1.29, 1.82) is 0 Å². The topological polar surface area (TPSA) is 83.1 Å². The molecule has 2 aromatic carbocycles. The second-order valence-corrected chi connectivity index (χ2v) is 8.08. The summed E-state index contributed by atoms with van der Waals surface area (Å²) < 4.78 is 11.3. The molecule has 8 heteroatoms. The molecule has 0 radical (unpaired) electrons. The molecule has 1 saturated heterocycles. The van der Waals surface area contributed by atoms with Gasteiger partial charge in [-0.2, -0.15) is 0 Å². The fourth-order valence-electron chi connectivity index (χ4n) is 3.66. The Labute approximate surface area is 206 Å². The van der Waals surface area contributed by atoms with Crippen LogP contribution in [0.25, 0.3) is 0 Å². The molecule has 35 heavy (non-hydrogen) atoms. The average molecular weight is 477 g/mol. The van der Waals surface area contributed by atoms with Gasteiger partial charge in [0.05, 0.1) is 12.8 Å². The van der Waals surface area contributed by atoms with Gasteiger partial charge in [0, 0.05) is 49.2 Å². The molecule has 1 heterocycles. The van der Waals surface area contributed by atoms with Crippen LogP contribution in [-0.2, 0) is 9.53 Å². The van der Waals surface area contributed by atoms with Gasteiger partial charge in [-0.1, -0.05) is 18.7 Å². The number of carbonyl (C=O) groups is 2. The molecular weight excluding hydrogens is 444 g/mol. The molecule has 1 amide bonds. The van der Waals surface area contributed by atoms with E-state index in [0.717, 1.165) is 37.9 Å². The first-order valence-electron chi connectivity index (χ1n) is 11.3. The molecule has 1 aliphatic heterocycles. The molecular formula is C27H32N4O4. The lowest BCUT2D eigenvalue weighted by Crippen LogP contribution is -2.44. The van der Waals surface area contributed by atoms with Gasteiger partial charge >= 0.3 is 0 Å². The highest BCUT2D eigenvalue weighted by atomic mass is 16.5. The fraction of sp³-hybridized carbons (Fsp3) is 0.259. The number of allylic oxidation sites excluding steroid dienone is 2. The lowest BCUT2D eigenvalue weighted by Gasteiger charge is -2.34. The van der Waals surface area contributed by atoms with Crippen LogP contribution in [0.15, 0.2) is 79.4 Å². The second kappa shape index (κ2) is 11.9. The number of amides is 1. The van der Waals surface area contributed by atoms with E-state index in [0.29, 0.717) is 22.7 Å². The van der Waals surface area contributed by atoms with Crippen molar-refractivity contribution in [2.24, 2.45) is 0 Å². The van der Waals surface area contributed by atoms with Crippen molar-refractivity contribution >= 4 is 28.8 Å². The Bertz CT molecular complexity index is 1130. The number of benzene rings is 2. The van der Waals surface area contributed by atoms with Crippen LogP contribution >= 0.6 is 0 Å². The zero-order chi connectivity index (χ0) is 25.4. The smallest absolute Gasteiger partial charge is 0.247 e. The number of rotatable bonds is 10. The summed E-state index contributed by atoms with van der Waals surface area (Å²) in [6, 6.07) is 12.5. The number of methoxy groups -OCH3 is 1. The summed E-state index contributed by atoms with van der Waals surface area (Å²) in [5.74, 6) is 0.214. The molecule has 2 N–H and O–H groups in total. The molecule has 0 spiro atoms. The minimum absolute atomic E-state index is 0.0997. The van der Waals surface area contributed by atoms with Gasteiger partial charge in [0.2, 0.25) is 11.7 Å². The molecule has 1 fully saturated rings. The predicted octanol–water partition coefficient (Wildman–Crippen LogP) is 4.26. The average Bonchev–Trinajstić information content (AvgIpc) is 2.87. The number of ketones is 1. The Kier molecular flexibility index (Phi) is 8.69. The van der Waals surface area contributed by atoms with Gasteiger partial charge in [-0.05, 0) is 57.0 Å². The molecule has 0 unspecified atom stereocenters. The number of carbonyl (C=O) groups excluding carboxylic acids is 2. The Morgan fingerprint density at radius 1 is 1.06 bits per heavy atom. The number of piperazine rings is 1. The van der Waals surface area contributed by atoms with Crippen LogP contribution in [0, 0.1) is 0 Å². The number of nitrogens with one attached hydrogen (secondary N) is 2. The van der Waals surface area contributed by atoms with Crippen LogP contribution in [0.1, 0.15) is 17.3 Å². The SMILES string of the molecule is C=CC(=O)Nc1cccc(C(=O)/C(=C/C)OC(=C)Nc2ccc(N3CCN(C)CC3)cc2OC)c1. The van der Waals surface area contributed by atoms with Crippen molar-refractivity contribution in [3.05, 3.63) is 85.0 Å². The molecule has 0 atom stereocenters. The maximum Gasteiger partial charge on any atom is 0.247 e. The quantitative estimate of drug-likeness (QED) is 0.301. The Balaban J connectivity index is 1.67. The van der Waals surface area contributed by atoms with Crippen molar-refractivity contribution in [2.75, 3.05) is 55.9 Å². The number of hydrogen-bond donors (Lipinski definition) is 2. The van der Waals surface area contributed by atoms with Gasteiger partial charge in [0.25, 0.3) is 0 Å². The molecule has 2 aromatic rings. The van der Waals surface area contributed by atoms with E-state index in [2.05, 4.69) is 40.6 Å². The van der Waals surface area contributed by atoms with Crippen molar-refractivity contribution in [1.82, 2.24) is 4.90 Å². The largest absolute Gasteiger partial charge is 0.494 e. The number of anilines is 3. The van der Waals surface area contributed by atoms with Gasteiger partial charge in [0.15, 0.2) is 11.6 Å². The molecule has 0 saturated carbocycles. The first-order valence-corrected chi connectivity index (χ1v) is 11.3. The van der Waals surface area contributed by atoms with Crippen molar-refractivity contribution in [3.63, 3.8) is 0 Å². The third-order valence-corrected chi connectivity index (χ3v) is 5.62. The third kappa shape index (κ3) is 6.74. The van der Waals surface area contributed by atoms with E-state index in [-0.39, 0.29) is 23.3 Å². The summed E-state index contributed by atoms with van der Waals surface area (Å²) in [6.07, 6.45) is 2.73. The molecule has 184 valence electrons. The standard InChI is InChI=1S/C27H32N4O4/c1-6-24(27(33)20-9-8-10-21(17-20)29-26(32)7-2)35-19(3)28-23-12-11-22(18-25(23)34-5)31-15-13-30(4)14-16-31/h6-12,17-18,28H,2-3,13-16H2,1,4-5H3,(H,29,32)/b24-6-. The lowest BCUT2D eigenvalue weighted by molar-refractivity contribution is -0.111. The number of ether oxygens (including phenoxy) is 2. The summed E-state index contributed by atoms with van der Waals surface area (Å²) in [5.41, 5.74) is 2.60. The van der Waals surface area contributed by atoms with Gasteiger partial charge in [0.1, 0.15) is 5.75 Å². The maximum absolute atomic E-state index is 13.0. The summed E-state index contributed by atoms with van der Waals surface area (Å²) >= 11 is 0. The number of likely N-dealkylation sites (N-methyl/N-ethyl adjacent to an activating group) is 1. The third-order valence-electron chi connectivity index (χ3n) is 5.62. The van der Waals surface area contributed by atoms with Gasteiger partial charge in [-0.25, -0.2) is 0 Å². The van der Waals surface area contributed by atoms with E-state index < -0.39 is 0 Å². The molecule has 0 bridgehead atoms. The van der Waals surface area contributed by atoms with Crippen LogP contribution in [0.5, 0.6) is 5.75 Å². The monoisotopic (exact) mass is 476 g/mol. The highest BCUT2D eigenvalue weighted by Crippen LogP contribution is 2.31. The van der Waals surface area contributed by atoms with E-state index in [1.54, 1.807) is 44.4 Å². The van der Waals surface area contributed by atoms with Crippen LogP contribution in [-0.4, -0.2) is 56.9 Å². The van der Waals surface area contributed by atoms with Crippen molar-refractivity contribution < 1.29 is 19.1 Å². The van der Waals surface area contributed by atoms with E-state index in [1.165, 1.54) is 0 Å². The van der Waals surface area contributed by atoms with Crippen molar-refractivity contribution in [3.8, 4) is 5.75 Å². The Morgan fingerprint density at radius 2 is 1.80 bits per heavy atom. The van der Waals surface area contributed by atoms with Crippen LogP contribution in [0.3, 0.4) is 0 Å². The first-order chi connectivity index (χ1) is 16.8. The van der Waals surface area contributed by atoms with E-state index in [4.69, 9.17) is 9.47 Å². The normalized spacial score (nSPS) is 14.1. The molecule has 0 aromatic heterocycles. The summed E-state index contributed by atoms with van der Waals surface area (Å²) in [5, 5.41) is 5.73. The second-order valence-electron chi connectivity index (χ2n) is 8.08. The van der Waals surface area contributed by atoms with Crippen LogP contribution < -0.4 is 20.3 Å². The highest BCUT2D eigenvalue weighted by molar-refractivity contribution is 6.08. The summed E-state index contributed by atoms with van der Waals surface area (Å²) in [6.45, 7) is 13.0. The number of hydrogen-bond acceptors (Lipinski definition) is 7. The van der Waals surface area contributed by atoms with Crippen molar-refractivity contribution in [2.45, 2.75) is 6.92 Å². The molecule has 3 rings (SSSR count). The first kappa shape index (κ1) is 25.6. The number of Topliss-reactive ketones (excluding diaryl/α,β-unsaturated/α-hetero) is 1. The molecule has 1 aliphatic rings. The summed E-state index contributed by atoms with van der Waals surface area (Å²) in [7, 11) is 3.73.